The van der Waals surface area contributed by atoms with E-state index in [-0.39, 0.29) is 11.9 Å². The highest BCUT2D eigenvalue weighted by Gasteiger charge is 2.22. The maximum Gasteiger partial charge on any atom is 0.254 e. The fourth-order valence-electron chi connectivity index (χ4n) is 4.20. The molecule has 0 fully saturated rings. The average molecular weight is 416 g/mol. The molecule has 0 saturated carbocycles. The molecule has 0 saturated heterocycles. The fourth-order valence-corrected chi connectivity index (χ4v) is 4.20. The number of imidazole rings is 1. The molecule has 0 spiro atoms. The van der Waals surface area contributed by atoms with Gasteiger partial charge in [-0.05, 0) is 50.5 Å². The Morgan fingerprint density at radius 2 is 1.97 bits per heavy atom. The Balaban J connectivity index is 1.41. The van der Waals surface area contributed by atoms with Crippen LogP contribution in [0.15, 0.2) is 43.0 Å². The monoisotopic (exact) mass is 415 g/mol. The highest BCUT2D eigenvalue weighted by atomic mass is 16.1. The van der Waals surface area contributed by atoms with Crippen LogP contribution in [0.4, 0.5) is 0 Å². The van der Waals surface area contributed by atoms with Crippen molar-refractivity contribution in [3.63, 3.8) is 0 Å². The minimum absolute atomic E-state index is 0.128. The number of pyridine rings is 1. The number of nitrogens with one attached hydrogen (secondary N) is 1. The van der Waals surface area contributed by atoms with Crippen LogP contribution in [-0.2, 0) is 13.0 Å². The first-order chi connectivity index (χ1) is 15.1. The van der Waals surface area contributed by atoms with Crippen molar-refractivity contribution in [2.24, 2.45) is 0 Å². The van der Waals surface area contributed by atoms with Gasteiger partial charge in [0.15, 0.2) is 5.65 Å². The Bertz CT molecular complexity index is 1230. The van der Waals surface area contributed by atoms with E-state index in [0.717, 1.165) is 54.2 Å². The van der Waals surface area contributed by atoms with E-state index >= 15 is 0 Å². The fraction of sp³-hybridized carbons (Fsp3) is 0.348. The quantitative estimate of drug-likeness (QED) is 0.551. The molecule has 4 aromatic rings. The number of fused-ring (bicyclic) bond motifs is 3. The van der Waals surface area contributed by atoms with E-state index in [2.05, 4.69) is 20.0 Å². The van der Waals surface area contributed by atoms with Gasteiger partial charge in [0.25, 0.3) is 5.91 Å². The number of aryl methyl sites for hydroxylation is 3. The van der Waals surface area contributed by atoms with E-state index in [1.165, 1.54) is 12.7 Å². The van der Waals surface area contributed by atoms with Gasteiger partial charge in [0.1, 0.15) is 24.0 Å². The molecule has 0 aliphatic carbocycles. The maximum atomic E-state index is 13.2. The van der Waals surface area contributed by atoms with Crippen molar-refractivity contribution < 1.29 is 4.79 Å². The van der Waals surface area contributed by atoms with Gasteiger partial charge in [0, 0.05) is 18.7 Å². The predicted molar refractivity (Wildman–Crippen MR) is 117 cm³/mol. The molecule has 31 heavy (non-hydrogen) atoms. The lowest BCUT2D eigenvalue weighted by Crippen LogP contribution is -2.27. The van der Waals surface area contributed by atoms with Crippen LogP contribution < -0.4 is 5.32 Å². The summed E-state index contributed by atoms with van der Waals surface area (Å²) in [6, 6.07) is 9.61. The van der Waals surface area contributed by atoms with Gasteiger partial charge < -0.3 is 9.88 Å². The van der Waals surface area contributed by atoms with Crippen molar-refractivity contribution in [3.8, 4) is 5.69 Å². The second kappa shape index (κ2) is 7.94. The smallest absolute Gasteiger partial charge is 0.254 e. The zero-order valence-corrected chi connectivity index (χ0v) is 17.7. The van der Waals surface area contributed by atoms with Crippen molar-refractivity contribution >= 4 is 17.1 Å². The van der Waals surface area contributed by atoms with Crippen LogP contribution in [0.3, 0.4) is 0 Å². The minimum atomic E-state index is -0.152. The Morgan fingerprint density at radius 1 is 1.13 bits per heavy atom. The highest BCUT2D eigenvalue weighted by molar-refractivity contribution is 6.04. The summed E-state index contributed by atoms with van der Waals surface area (Å²) < 4.78 is 3.89. The largest absolute Gasteiger partial charge is 0.345 e. The van der Waals surface area contributed by atoms with Crippen LogP contribution in [-0.4, -0.2) is 35.2 Å². The molecule has 4 heterocycles. The average Bonchev–Trinajstić information content (AvgIpc) is 3.36. The minimum Gasteiger partial charge on any atom is -0.345 e. The number of hydrogen-bond donors (Lipinski definition) is 1. The van der Waals surface area contributed by atoms with Gasteiger partial charge in [0.05, 0.1) is 17.3 Å². The molecule has 1 aliphatic heterocycles. The van der Waals surface area contributed by atoms with Crippen LogP contribution >= 0.6 is 0 Å². The third-order valence-electron chi connectivity index (χ3n) is 5.86. The number of carbonyl (C=O) groups excluding carboxylic acids is 1. The molecule has 5 rings (SSSR count). The summed E-state index contributed by atoms with van der Waals surface area (Å²) in [7, 11) is 0. The lowest BCUT2D eigenvalue weighted by molar-refractivity contribution is 0.0941. The zero-order valence-electron chi connectivity index (χ0n) is 17.7. The standard InChI is InChI=1S/C23H25N7O/c1-15-12-19(21-22(26-15)29-11-5-3-4-6-20(29)28-21)23(31)27-16(2)17-7-9-18(10-8-17)30-14-24-13-25-30/h7-10,12-14,16H,3-6,11H2,1-2H3,(H,27,31)/t16-/m1/s1. The van der Waals surface area contributed by atoms with Crippen molar-refractivity contribution in [1.82, 2.24) is 34.6 Å². The molecule has 0 bridgehead atoms. The number of benzene rings is 1. The summed E-state index contributed by atoms with van der Waals surface area (Å²) in [5.74, 6) is 0.910. The Kier molecular flexibility index (Phi) is 4.97. The van der Waals surface area contributed by atoms with E-state index in [0.29, 0.717) is 11.1 Å². The highest BCUT2D eigenvalue weighted by Crippen LogP contribution is 2.25. The van der Waals surface area contributed by atoms with Crippen LogP contribution in [0.2, 0.25) is 0 Å². The van der Waals surface area contributed by atoms with Gasteiger partial charge in [-0.2, -0.15) is 5.10 Å². The first-order valence-electron chi connectivity index (χ1n) is 10.7. The van der Waals surface area contributed by atoms with Crippen molar-refractivity contribution in [2.45, 2.75) is 52.1 Å². The summed E-state index contributed by atoms with van der Waals surface area (Å²) in [6.07, 6.45) is 7.55. The van der Waals surface area contributed by atoms with E-state index in [1.807, 2.05) is 44.2 Å². The summed E-state index contributed by atoms with van der Waals surface area (Å²) in [5.41, 5.74) is 4.88. The van der Waals surface area contributed by atoms with Gasteiger partial charge in [-0.1, -0.05) is 18.6 Å². The van der Waals surface area contributed by atoms with Gasteiger partial charge in [-0.3, -0.25) is 4.79 Å². The Morgan fingerprint density at radius 3 is 2.74 bits per heavy atom. The van der Waals surface area contributed by atoms with E-state index in [9.17, 15) is 4.79 Å². The normalized spacial score (nSPS) is 14.8. The van der Waals surface area contributed by atoms with Crippen LogP contribution in [0.25, 0.3) is 16.9 Å². The molecular weight excluding hydrogens is 390 g/mol. The number of aromatic nitrogens is 6. The van der Waals surface area contributed by atoms with Gasteiger partial charge in [0.2, 0.25) is 0 Å². The summed E-state index contributed by atoms with van der Waals surface area (Å²) in [6.45, 7) is 4.83. The zero-order chi connectivity index (χ0) is 21.4. The van der Waals surface area contributed by atoms with Crippen molar-refractivity contribution in [1.29, 1.82) is 0 Å². The maximum absolute atomic E-state index is 13.2. The lowest BCUT2D eigenvalue weighted by Gasteiger charge is -2.15. The molecule has 1 amide bonds. The van der Waals surface area contributed by atoms with E-state index < -0.39 is 0 Å². The Hall–Kier alpha value is -3.55. The molecule has 1 N–H and O–H groups in total. The van der Waals surface area contributed by atoms with E-state index in [4.69, 9.17) is 9.97 Å². The third kappa shape index (κ3) is 3.69. The molecule has 3 aromatic heterocycles. The van der Waals surface area contributed by atoms with Gasteiger partial charge >= 0.3 is 0 Å². The van der Waals surface area contributed by atoms with Crippen LogP contribution in [0, 0.1) is 6.92 Å². The molecule has 0 radical (unpaired) electrons. The summed E-state index contributed by atoms with van der Waals surface area (Å²) >= 11 is 0. The molecule has 1 aromatic carbocycles. The Labute approximate surface area is 180 Å². The van der Waals surface area contributed by atoms with Crippen LogP contribution in [0.5, 0.6) is 0 Å². The van der Waals surface area contributed by atoms with Crippen molar-refractivity contribution in [2.75, 3.05) is 0 Å². The van der Waals surface area contributed by atoms with Gasteiger partial charge in [-0.15, -0.1) is 0 Å². The lowest BCUT2D eigenvalue weighted by atomic mass is 10.1. The predicted octanol–water partition coefficient (Wildman–Crippen LogP) is 3.54. The van der Waals surface area contributed by atoms with Crippen LogP contribution in [0.1, 0.15) is 59.7 Å². The van der Waals surface area contributed by atoms with Crippen molar-refractivity contribution in [3.05, 3.63) is 65.6 Å². The van der Waals surface area contributed by atoms with Gasteiger partial charge in [-0.25, -0.2) is 19.6 Å². The molecule has 1 atom stereocenters. The SMILES string of the molecule is Cc1cc(C(=O)N[C@H](C)c2ccc(-n3cncn3)cc2)c2nc3n(c2n1)CCCCC3. The molecular formula is C23H25N7O. The first-order valence-corrected chi connectivity index (χ1v) is 10.7. The molecule has 158 valence electrons. The number of carbonyl (C=O) groups is 1. The molecule has 8 nitrogen and oxygen atoms in total. The number of amides is 1. The second-order valence-electron chi connectivity index (χ2n) is 8.10. The first kappa shape index (κ1) is 19.4. The van der Waals surface area contributed by atoms with E-state index in [1.54, 1.807) is 11.0 Å². The second-order valence-corrected chi connectivity index (χ2v) is 8.10. The molecule has 1 aliphatic rings. The molecule has 8 heteroatoms. The third-order valence-corrected chi connectivity index (χ3v) is 5.86. The number of hydrogen-bond acceptors (Lipinski definition) is 5. The number of rotatable bonds is 4. The number of nitrogens with zero attached hydrogens (tertiary/aromatic N) is 6. The summed E-state index contributed by atoms with van der Waals surface area (Å²) in [5, 5.41) is 7.27. The summed E-state index contributed by atoms with van der Waals surface area (Å²) in [4.78, 5) is 26.7. The topological polar surface area (TPSA) is 90.5 Å². The molecule has 0 unspecified atom stereocenters.